The van der Waals surface area contributed by atoms with Gasteiger partial charge in [0.2, 0.25) is 11.8 Å². The van der Waals surface area contributed by atoms with Crippen LogP contribution in [0.4, 0.5) is 0 Å². The molecular formula is C60H86N2O16. The van der Waals surface area contributed by atoms with Crippen LogP contribution < -0.4 is 20.1 Å². The van der Waals surface area contributed by atoms with E-state index in [0.717, 1.165) is 35.1 Å². The van der Waals surface area contributed by atoms with Gasteiger partial charge >= 0.3 is 23.9 Å². The minimum absolute atomic E-state index is 0. The van der Waals surface area contributed by atoms with E-state index in [1.807, 2.05) is 120 Å². The van der Waals surface area contributed by atoms with Gasteiger partial charge in [0.1, 0.15) is 55.6 Å². The van der Waals surface area contributed by atoms with Gasteiger partial charge in [0.25, 0.3) is 0 Å². The quantitative estimate of drug-likeness (QED) is 0.0219. The molecule has 0 bridgehead atoms. The van der Waals surface area contributed by atoms with Crippen LogP contribution >= 0.6 is 0 Å². The fourth-order valence-corrected chi connectivity index (χ4v) is 6.66. The number of carbonyl (C=O) groups excluding carboxylic acids is 5. The lowest BCUT2D eigenvalue weighted by atomic mass is 10.1. The van der Waals surface area contributed by atoms with Crippen molar-refractivity contribution in [2.75, 3.05) is 66.1 Å². The summed E-state index contributed by atoms with van der Waals surface area (Å²) in [6, 6.07) is 31.5. The number of benzene rings is 4. The zero-order chi connectivity index (χ0) is 55.2. The van der Waals surface area contributed by atoms with Crippen molar-refractivity contribution in [3.8, 4) is 11.5 Å². The first kappa shape index (κ1) is 69.2. The van der Waals surface area contributed by atoms with E-state index < -0.39 is 35.6 Å². The van der Waals surface area contributed by atoms with Crippen LogP contribution in [0.25, 0.3) is 0 Å². The molecule has 0 aliphatic rings. The summed E-state index contributed by atoms with van der Waals surface area (Å²) in [4.78, 5) is 72.8. The summed E-state index contributed by atoms with van der Waals surface area (Å²) in [6.45, 7) is 13.0. The molecule has 4 aromatic rings. The van der Waals surface area contributed by atoms with Crippen LogP contribution in [0.5, 0.6) is 11.5 Å². The summed E-state index contributed by atoms with van der Waals surface area (Å²) in [5.41, 5.74) is 2.87. The molecule has 3 N–H and O–H groups in total. The molecular weight excluding hydrogens is 1000 g/mol. The number of hydrogen-bond acceptors (Lipinski definition) is 15. The fourth-order valence-electron chi connectivity index (χ4n) is 6.66. The zero-order valence-electron chi connectivity index (χ0n) is 44.8. The smallest absolute Gasteiger partial charge is 0.329 e. The van der Waals surface area contributed by atoms with Gasteiger partial charge in [-0.25, -0.2) is 9.59 Å². The number of nitrogens with one attached hydrogen (secondary N) is 2. The van der Waals surface area contributed by atoms with Crippen molar-refractivity contribution in [2.45, 2.75) is 132 Å². The number of carbonyl (C=O) groups is 6. The predicted molar refractivity (Wildman–Crippen MR) is 297 cm³/mol. The van der Waals surface area contributed by atoms with E-state index in [1.165, 1.54) is 0 Å². The highest BCUT2D eigenvalue weighted by Gasteiger charge is 2.25. The first-order chi connectivity index (χ1) is 36.6. The molecule has 18 heteroatoms. The van der Waals surface area contributed by atoms with Gasteiger partial charge in [0.05, 0.1) is 52.5 Å². The summed E-state index contributed by atoms with van der Waals surface area (Å²) in [6.07, 6.45) is 2.72. The largest absolute Gasteiger partial charge is 0.491 e. The van der Waals surface area contributed by atoms with Crippen molar-refractivity contribution >= 4 is 35.7 Å². The molecule has 0 fully saturated rings. The van der Waals surface area contributed by atoms with Gasteiger partial charge in [-0.3, -0.25) is 19.2 Å². The Hall–Kier alpha value is -6.86. The van der Waals surface area contributed by atoms with Crippen LogP contribution in [-0.4, -0.2) is 125 Å². The lowest BCUT2D eigenvalue weighted by Gasteiger charge is -2.19. The number of hydrogen-bond donors (Lipinski definition) is 3. The Morgan fingerprint density at radius 2 is 0.833 bits per heavy atom. The third-order valence-electron chi connectivity index (χ3n) is 10.4. The lowest BCUT2D eigenvalue weighted by molar-refractivity contribution is -0.156. The van der Waals surface area contributed by atoms with Gasteiger partial charge < -0.3 is 58.4 Å². The molecule has 0 heterocycles. The highest BCUT2D eigenvalue weighted by Crippen LogP contribution is 2.17. The highest BCUT2D eigenvalue weighted by atomic mass is 16.6. The van der Waals surface area contributed by atoms with Crippen molar-refractivity contribution in [2.24, 2.45) is 0 Å². The molecule has 2 amide bonds. The van der Waals surface area contributed by atoms with E-state index >= 15 is 0 Å². The van der Waals surface area contributed by atoms with E-state index in [2.05, 4.69) is 10.6 Å². The maximum absolute atomic E-state index is 12.9. The molecule has 2 atom stereocenters. The Bertz CT molecular complexity index is 2260. The van der Waals surface area contributed by atoms with Crippen LogP contribution in [-0.2, 0) is 88.0 Å². The number of carboxylic acids is 1. The fraction of sp³-hybridized carbons (Fsp3) is 0.500. The average Bonchev–Trinajstić information content (AvgIpc) is 3.40. The third kappa shape index (κ3) is 33.3. The summed E-state index contributed by atoms with van der Waals surface area (Å²) < 4.78 is 48.9. The molecule has 0 aliphatic heterocycles. The van der Waals surface area contributed by atoms with Crippen LogP contribution in [0, 0.1) is 0 Å². The van der Waals surface area contributed by atoms with Crippen LogP contribution in [0.3, 0.4) is 0 Å². The Morgan fingerprint density at radius 3 is 1.21 bits per heavy atom. The monoisotopic (exact) mass is 1090 g/mol. The second kappa shape index (κ2) is 41.3. The van der Waals surface area contributed by atoms with Crippen molar-refractivity contribution in [3.05, 3.63) is 131 Å². The topological polar surface area (TPSA) is 230 Å². The van der Waals surface area contributed by atoms with E-state index in [9.17, 15) is 28.8 Å². The van der Waals surface area contributed by atoms with Gasteiger partial charge in [-0.2, -0.15) is 0 Å². The van der Waals surface area contributed by atoms with Gasteiger partial charge in [-0.05, 0) is 80.1 Å². The molecule has 78 heavy (non-hydrogen) atoms. The maximum Gasteiger partial charge on any atom is 0.329 e. The minimum Gasteiger partial charge on any atom is -0.491 e. The summed E-state index contributed by atoms with van der Waals surface area (Å²) in [5, 5.41) is 14.2. The van der Waals surface area contributed by atoms with Crippen molar-refractivity contribution in [1.82, 2.24) is 10.6 Å². The SMILES string of the molecule is C.C.CCCOCCC(=O)N[C@@H](Cc1ccc(OCCOCCC(=O)O)cc1)C(=O)OCc1ccccc1.CCCOCCC(=O)N[C@@H](Cc1ccc(OCCOCCC(=O)OC(C)(C)C)cc1)C(=O)OCc1ccccc1. The van der Waals surface area contributed by atoms with Crippen molar-refractivity contribution in [1.29, 1.82) is 0 Å². The van der Waals surface area contributed by atoms with Gasteiger partial charge in [0, 0.05) is 38.9 Å². The van der Waals surface area contributed by atoms with Crippen LogP contribution in [0.15, 0.2) is 109 Å². The van der Waals surface area contributed by atoms with E-state index in [4.69, 9.17) is 47.7 Å². The summed E-state index contributed by atoms with van der Waals surface area (Å²) in [7, 11) is 0. The Balaban J connectivity index is 0.000000764. The van der Waals surface area contributed by atoms with Crippen molar-refractivity contribution < 1.29 is 76.5 Å². The zero-order valence-corrected chi connectivity index (χ0v) is 44.8. The Morgan fingerprint density at radius 1 is 0.462 bits per heavy atom. The number of amides is 2. The summed E-state index contributed by atoms with van der Waals surface area (Å²) >= 11 is 0. The standard InChI is InChI=1S/C31H43NO8.C27H35NO8.2CH4/c1-5-17-36-18-15-28(33)32-27(30(35)39-23-25-9-7-6-8-10-25)22-24-11-13-26(14-12-24)38-21-20-37-19-16-29(34)40-31(2,3)4;1-2-14-33-15-12-25(29)28-24(27(32)36-20-22-6-4-3-5-7-22)19-21-8-10-23(11-9-21)35-18-17-34-16-13-26(30)31;;/h6-14,27H,5,15-23H2,1-4H3,(H,32,33);3-11,24H,2,12-20H2,1H3,(H,28,29)(H,30,31);2*1H4/t27-;24-;;/m00../s1. The molecule has 0 saturated heterocycles. The highest BCUT2D eigenvalue weighted by molar-refractivity contribution is 5.85. The molecule has 18 nitrogen and oxygen atoms in total. The van der Waals surface area contributed by atoms with Gasteiger partial charge in [-0.1, -0.05) is 114 Å². The minimum atomic E-state index is -0.908. The second-order valence-corrected chi connectivity index (χ2v) is 18.2. The first-order valence-electron chi connectivity index (χ1n) is 25.8. The molecule has 4 rings (SSSR count). The van der Waals surface area contributed by atoms with Gasteiger partial charge in [-0.15, -0.1) is 0 Å². The third-order valence-corrected chi connectivity index (χ3v) is 10.4. The van der Waals surface area contributed by atoms with Crippen LogP contribution in [0.1, 0.15) is 110 Å². The molecule has 0 unspecified atom stereocenters. The molecule has 0 saturated carbocycles. The molecule has 0 aliphatic carbocycles. The van der Waals surface area contributed by atoms with E-state index in [1.54, 1.807) is 24.3 Å². The maximum atomic E-state index is 12.9. The summed E-state index contributed by atoms with van der Waals surface area (Å²) in [5.74, 6) is -1.53. The first-order valence-corrected chi connectivity index (χ1v) is 25.8. The normalized spacial score (nSPS) is 11.4. The molecule has 4 aromatic carbocycles. The number of esters is 3. The predicted octanol–water partition coefficient (Wildman–Crippen LogP) is 8.82. The Kier molecular flexibility index (Phi) is 36.6. The van der Waals surface area contributed by atoms with Crippen LogP contribution in [0.2, 0.25) is 0 Å². The second-order valence-electron chi connectivity index (χ2n) is 18.2. The molecule has 0 aromatic heterocycles. The molecule has 432 valence electrons. The number of rotatable bonds is 36. The number of aliphatic carboxylic acids is 1. The lowest BCUT2D eigenvalue weighted by Crippen LogP contribution is -2.43. The van der Waals surface area contributed by atoms with Gasteiger partial charge in [0.15, 0.2) is 0 Å². The molecule has 0 radical (unpaired) electrons. The van der Waals surface area contributed by atoms with E-state index in [-0.39, 0.29) is 117 Å². The Labute approximate surface area is 462 Å². The van der Waals surface area contributed by atoms with Crippen molar-refractivity contribution in [3.63, 3.8) is 0 Å². The number of ether oxygens (including phenoxy) is 9. The number of carboxylic acid groups (broad SMARTS) is 1. The average molecular weight is 1090 g/mol. The molecule has 0 spiro atoms. The van der Waals surface area contributed by atoms with E-state index in [0.29, 0.717) is 44.5 Å².